The maximum atomic E-state index is 12.1. The Labute approximate surface area is 93.8 Å². The van der Waals surface area contributed by atoms with Gasteiger partial charge in [0.15, 0.2) is 0 Å². The summed E-state index contributed by atoms with van der Waals surface area (Å²) in [6.07, 6.45) is -2.44. The van der Waals surface area contributed by atoms with Gasteiger partial charge >= 0.3 is 6.18 Å². The SMILES string of the molecule is CC1CCC(C#N)(NCC(F)(F)F)CC1C. The molecule has 1 fully saturated rings. The van der Waals surface area contributed by atoms with Gasteiger partial charge in [-0.3, -0.25) is 5.32 Å². The van der Waals surface area contributed by atoms with Crippen molar-refractivity contribution in [3.05, 3.63) is 0 Å². The predicted molar refractivity (Wildman–Crippen MR) is 54.6 cm³/mol. The molecule has 1 saturated carbocycles. The number of alkyl halides is 3. The lowest BCUT2D eigenvalue weighted by Gasteiger charge is -2.38. The number of rotatable bonds is 2. The smallest absolute Gasteiger partial charge is 0.291 e. The molecule has 92 valence electrons. The molecule has 0 radical (unpaired) electrons. The molecule has 0 bridgehead atoms. The molecule has 16 heavy (non-hydrogen) atoms. The average Bonchev–Trinajstić information content (AvgIpc) is 2.19. The normalized spacial score (nSPS) is 35.8. The van der Waals surface area contributed by atoms with Crippen molar-refractivity contribution in [1.82, 2.24) is 5.32 Å². The fraction of sp³-hybridized carbons (Fsp3) is 0.909. The molecule has 0 heterocycles. The highest BCUT2D eigenvalue weighted by Gasteiger charge is 2.40. The molecule has 2 nitrogen and oxygen atoms in total. The highest BCUT2D eigenvalue weighted by Crippen LogP contribution is 2.36. The first-order valence-corrected chi connectivity index (χ1v) is 5.51. The molecule has 1 N–H and O–H groups in total. The van der Waals surface area contributed by atoms with E-state index in [4.69, 9.17) is 5.26 Å². The summed E-state index contributed by atoms with van der Waals surface area (Å²) in [6.45, 7) is 2.99. The molecule has 0 aromatic heterocycles. The molecule has 3 atom stereocenters. The van der Waals surface area contributed by atoms with Gasteiger partial charge in [-0.1, -0.05) is 13.8 Å². The van der Waals surface area contributed by atoms with E-state index in [9.17, 15) is 13.2 Å². The van der Waals surface area contributed by atoms with Gasteiger partial charge < -0.3 is 0 Å². The van der Waals surface area contributed by atoms with Crippen LogP contribution in [0.4, 0.5) is 13.2 Å². The summed E-state index contributed by atoms with van der Waals surface area (Å²) in [4.78, 5) is 0. The highest BCUT2D eigenvalue weighted by atomic mass is 19.4. The predicted octanol–water partition coefficient (Wildman–Crippen LogP) is 2.86. The molecule has 0 saturated heterocycles. The van der Waals surface area contributed by atoms with Crippen LogP contribution >= 0.6 is 0 Å². The summed E-state index contributed by atoms with van der Waals surface area (Å²) in [5, 5.41) is 11.5. The second-order valence-corrected chi connectivity index (χ2v) is 4.86. The van der Waals surface area contributed by atoms with E-state index in [2.05, 4.69) is 12.2 Å². The number of nitriles is 1. The second kappa shape index (κ2) is 4.62. The average molecular weight is 234 g/mol. The van der Waals surface area contributed by atoms with Crippen LogP contribution in [0.1, 0.15) is 33.1 Å². The van der Waals surface area contributed by atoms with Crippen LogP contribution in [0.3, 0.4) is 0 Å². The molecular formula is C11H17F3N2. The third kappa shape index (κ3) is 3.38. The molecule has 0 aromatic carbocycles. The van der Waals surface area contributed by atoms with E-state index < -0.39 is 18.3 Å². The first kappa shape index (κ1) is 13.3. The van der Waals surface area contributed by atoms with Crippen molar-refractivity contribution in [1.29, 1.82) is 5.26 Å². The van der Waals surface area contributed by atoms with E-state index in [1.54, 1.807) is 0 Å². The first-order chi connectivity index (χ1) is 7.28. The van der Waals surface area contributed by atoms with Gasteiger partial charge in [0.05, 0.1) is 12.6 Å². The van der Waals surface area contributed by atoms with Gasteiger partial charge in [-0.15, -0.1) is 0 Å². The minimum Gasteiger partial charge on any atom is -0.291 e. The van der Waals surface area contributed by atoms with Crippen molar-refractivity contribution in [2.75, 3.05) is 6.54 Å². The molecule has 1 aliphatic rings. The summed E-state index contributed by atoms with van der Waals surface area (Å²) < 4.78 is 36.4. The van der Waals surface area contributed by atoms with Crippen LogP contribution < -0.4 is 5.32 Å². The van der Waals surface area contributed by atoms with Gasteiger partial charge in [0.2, 0.25) is 0 Å². The minimum atomic E-state index is -4.25. The lowest BCUT2D eigenvalue weighted by Crippen LogP contribution is -2.51. The number of nitrogens with zero attached hydrogens (tertiary/aromatic N) is 1. The number of halogens is 3. The molecule has 1 rings (SSSR count). The van der Waals surface area contributed by atoms with Crippen LogP contribution in [-0.4, -0.2) is 18.3 Å². The van der Waals surface area contributed by atoms with Crippen LogP contribution in [-0.2, 0) is 0 Å². The number of hydrogen-bond donors (Lipinski definition) is 1. The van der Waals surface area contributed by atoms with E-state index in [0.717, 1.165) is 6.42 Å². The van der Waals surface area contributed by atoms with Crippen molar-refractivity contribution in [2.24, 2.45) is 11.8 Å². The maximum absolute atomic E-state index is 12.1. The molecule has 0 aliphatic heterocycles. The third-order valence-corrected chi connectivity index (χ3v) is 3.51. The van der Waals surface area contributed by atoms with Crippen molar-refractivity contribution >= 4 is 0 Å². The Morgan fingerprint density at radius 1 is 1.38 bits per heavy atom. The van der Waals surface area contributed by atoms with Crippen LogP contribution in [0.25, 0.3) is 0 Å². The zero-order valence-corrected chi connectivity index (χ0v) is 9.56. The second-order valence-electron chi connectivity index (χ2n) is 4.86. The van der Waals surface area contributed by atoms with E-state index in [0.29, 0.717) is 18.8 Å². The van der Waals surface area contributed by atoms with Crippen molar-refractivity contribution < 1.29 is 13.2 Å². The molecular weight excluding hydrogens is 217 g/mol. The summed E-state index contributed by atoms with van der Waals surface area (Å²) >= 11 is 0. The maximum Gasteiger partial charge on any atom is 0.401 e. The van der Waals surface area contributed by atoms with Crippen molar-refractivity contribution in [3.8, 4) is 6.07 Å². The highest BCUT2D eigenvalue weighted by molar-refractivity contribution is 5.10. The first-order valence-electron chi connectivity index (χ1n) is 5.51. The minimum absolute atomic E-state index is 0.286. The van der Waals surface area contributed by atoms with Gasteiger partial charge in [0.25, 0.3) is 0 Å². The molecule has 5 heteroatoms. The van der Waals surface area contributed by atoms with Gasteiger partial charge in [-0.25, -0.2) is 0 Å². The zero-order chi connectivity index (χ0) is 12.4. The fourth-order valence-corrected chi connectivity index (χ4v) is 2.18. The fourth-order valence-electron chi connectivity index (χ4n) is 2.18. The Balaban J connectivity index is 2.62. The largest absolute Gasteiger partial charge is 0.401 e. The Morgan fingerprint density at radius 3 is 2.44 bits per heavy atom. The van der Waals surface area contributed by atoms with E-state index in [1.807, 2.05) is 13.0 Å². The summed E-state index contributed by atoms with van der Waals surface area (Å²) in [5.41, 5.74) is -0.985. The van der Waals surface area contributed by atoms with Crippen LogP contribution in [0.15, 0.2) is 0 Å². The van der Waals surface area contributed by atoms with Crippen LogP contribution in [0, 0.1) is 23.2 Å². The monoisotopic (exact) mass is 234 g/mol. The van der Waals surface area contributed by atoms with Crippen molar-refractivity contribution in [2.45, 2.75) is 44.8 Å². The summed E-state index contributed by atoms with van der Waals surface area (Å²) in [5.74, 6) is 0.767. The standard InChI is InChI=1S/C11H17F3N2/c1-8-3-4-10(6-15,5-9(8)2)16-7-11(12,13)14/h8-9,16H,3-5,7H2,1-2H3. The molecule has 3 unspecified atom stereocenters. The molecule has 0 aromatic rings. The van der Waals surface area contributed by atoms with Crippen LogP contribution in [0.2, 0.25) is 0 Å². The lowest BCUT2D eigenvalue weighted by molar-refractivity contribution is -0.128. The van der Waals surface area contributed by atoms with E-state index >= 15 is 0 Å². The Kier molecular flexibility index (Phi) is 3.84. The van der Waals surface area contributed by atoms with Gasteiger partial charge in [0.1, 0.15) is 5.54 Å². The Bertz CT molecular complexity index is 282. The quantitative estimate of drug-likeness (QED) is 0.797. The summed E-state index contributed by atoms with van der Waals surface area (Å²) in [7, 11) is 0. The Morgan fingerprint density at radius 2 is 2.00 bits per heavy atom. The number of nitrogens with one attached hydrogen (secondary N) is 1. The van der Waals surface area contributed by atoms with Crippen LogP contribution in [0.5, 0.6) is 0 Å². The van der Waals surface area contributed by atoms with Gasteiger partial charge in [-0.2, -0.15) is 18.4 Å². The van der Waals surface area contributed by atoms with E-state index in [1.165, 1.54) is 0 Å². The topological polar surface area (TPSA) is 35.8 Å². The zero-order valence-electron chi connectivity index (χ0n) is 9.56. The Hall–Kier alpha value is -0.760. The molecule has 1 aliphatic carbocycles. The molecule has 0 spiro atoms. The number of hydrogen-bond acceptors (Lipinski definition) is 2. The summed E-state index contributed by atoms with van der Waals surface area (Å²) in [6, 6.07) is 2.03. The van der Waals surface area contributed by atoms with Gasteiger partial charge in [-0.05, 0) is 31.1 Å². The van der Waals surface area contributed by atoms with E-state index in [-0.39, 0.29) is 5.92 Å². The molecule has 0 amide bonds. The van der Waals surface area contributed by atoms with Gasteiger partial charge in [0, 0.05) is 0 Å². The van der Waals surface area contributed by atoms with Crippen molar-refractivity contribution in [3.63, 3.8) is 0 Å². The lowest BCUT2D eigenvalue weighted by atomic mass is 9.72. The third-order valence-electron chi connectivity index (χ3n) is 3.51.